The van der Waals surface area contributed by atoms with Crippen LogP contribution in [0.4, 0.5) is 4.39 Å². The summed E-state index contributed by atoms with van der Waals surface area (Å²) in [6, 6.07) is 18.7. The number of hydrogen-bond donors (Lipinski definition) is 1. The normalized spacial score (nSPS) is 17.5. The minimum atomic E-state index is -0.330. The lowest BCUT2D eigenvalue weighted by Gasteiger charge is -2.34. The number of hydrogen-bond acceptors (Lipinski definition) is 6. The van der Waals surface area contributed by atoms with E-state index >= 15 is 0 Å². The van der Waals surface area contributed by atoms with Gasteiger partial charge in [0.2, 0.25) is 5.91 Å². The Hall–Kier alpha value is -4.62. The van der Waals surface area contributed by atoms with Crippen LogP contribution < -0.4 is 5.32 Å². The van der Waals surface area contributed by atoms with Gasteiger partial charge in [-0.15, -0.1) is 0 Å². The Labute approximate surface area is 231 Å². The minimum absolute atomic E-state index is 0.00814. The fourth-order valence-electron chi connectivity index (χ4n) is 4.99. The van der Waals surface area contributed by atoms with Crippen molar-refractivity contribution in [2.24, 2.45) is 0 Å². The van der Waals surface area contributed by atoms with Crippen LogP contribution in [0.25, 0.3) is 0 Å². The van der Waals surface area contributed by atoms with Gasteiger partial charge in [-0.05, 0) is 53.9 Å². The lowest BCUT2D eigenvalue weighted by atomic mass is 10.1. The van der Waals surface area contributed by atoms with E-state index in [1.54, 1.807) is 35.2 Å². The number of carbonyl (C=O) groups is 3. The second-order valence-corrected chi connectivity index (χ2v) is 10.1. The molecule has 2 fully saturated rings. The zero-order valence-corrected chi connectivity index (χ0v) is 21.9. The van der Waals surface area contributed by atoms with Crippen LogP contribution in [0.3, 0.4) is 0 Å². The molecule has 0 spiro atoms. The molecule has 2 aromatic carbocycles. The summed E-state index contributed by atoms with van der Waals surface area (Å²) in [6.07, 6.45) is 2.19. The summed E-state index contributed by atoms with van der Waals surface area (Å²) >= 11 is 0. The van der Waals surface area contributed by atoms with Gasteiger partial charge in [-0.2, -0.15) is 5.26 Å². The fourth-order valence-corrected chi connectivity index (χ4v) is 4.99. The first-order chi connectivity index (χ1) is 19.4. The molecule has 3 amide bonds. The third-order valence-electron chi connectivity index (χ3n) is 7.23. The van der Waals surface area contributed by atoms with Gasteiger partial charge in [0.25, 0.3) is 11.8 Å². The van der Waals surface area contributed by atoms with Crippen molar-refractivity contribution in [2.45, 2.75) is 25.6 Å². The van der Waals surface area contributed by atoms with Gasteiger partial charge in [0.1, 0.15) is 18.1 Å². The van der Waals surface area contributed by atoms with Gasteiger partial charge in [0.15, 0.2) is 0 Å². The van der Waals surface area contributed by atoms with E-state index < -0.39 is 0 Å². The average Bonchev–Trinajstić information content (AvgIpc) is 3.41. The number of benzene rings is 2. The highest BCUT2D eigenvalue weighted by atomic mass is 19.1. The highest BCUT2D eigenvalue weighted by Crippen LogP contribution is 2.16. The summed E-state index contributed by atoms with van der Waals surface area (Å²) in [6.45, 7) is 3.36. The molecule has 2 aliphatic rings. The van der Waals surface area contributed by atoms with E-state index in [0.29, 0.717) is 37.3 Å². The van der Waals surface area contributed by atoms with E-state index in [1.807, 2.05) is 12.1 Å². The summed E-state index contributed by atoms with van der Waals surface area (Å²) in [4.78, 5) is 48.0. The first-order valence-corrected chi connectivity index (χ1v) is 13.2. The molecular formula is C30H29FN6O3. The van der Waals surface area contributed by atoms with E-state index in [2.05, 4.69) is 21.3 Å². The van der Waals surface area contributed by atoms with Crippen molar-refractivity contribution in [1.82, 2.24) is 25.0 Å². The first-order valence-electron chi connectivity index (χ1n) is 13.2. The molecule has 1 atom stereocenters. The van der Waals surface area contributed by atoms with E-state index in [1.165, 1.54) is 29.3 Å². The summed E-state index contributed by atoms with van der Waals surface area (Å²) in [5.74, 6) is -1.13. The van der Waals surface area contributed by atoms with E-state index in [4.69, 9.17) is 5.26 Å². The molecule has 5 rings (SSSR count). The van der Waals surface area contributed by atoms with Crippen LogP contribution in [-0.2, 0) is 17.9 Å². The molecule has 9 nitrogen and oxygen atoms in total. The molecule has 1 N–H and O–H groups in total. The van der Waals surface area contributed by atoms with Gasteiger partial charge in [-0.1, -0.05) is 24.3 Å². The fraction of sp³-hybridized carbons (Fsp3) is 0.300. The topological polar surface area (TPSA) is 110 Å². The second-order valence-electron chi connectivity index (χ2n) is 10.1. The van der Waals surface area contributed by atoms with Crippen molar-refractivity contribution in [3.8, 4) is 6.07 Å². The van der Waals surface area contributed by atoms with E-state index in [0.717, 1.165) is 30.6 Å². The molecule has 0 unspecified atom stereocenters. The molecular weight excluding hydrogens is 511 g/mol. The number of piperazine rings is 1. The lowest BCUT2D eigenvalue weighted by molar-refractivity contribution is -0.135. The van der Waals surface area contributed by atoms with Gasteiger partial charge in [0.05, 0.1) is 17.2 Å². The zero-order chi connectivity index (χ0) is 28.1. The number of halogens is 1. The maximum absolute atomic E-state index is 13.1. The summed E-state index contributed by atoms with van der Waals surface area (Å²) in [5.41, 5.74) is 3.10. The molecule has 204 valence electrons. The van der Waals surface area contributed by atoms with Gasteiger partial charge in [0, 0.05) is 51.5 Å². The Morgan fingerprint density at radius 1 is 0.975 bits per heavy atom. The zero-order valence-electron chi connectivity index (χ0n) is 21.9. The van der Waals surface area contributed by atoms with Crippen LogP contribution in [-0.4, -0.2) is 76.2 Å². The maximum Gasteiger partial charge on any atom is 0.270 e. The van der Waals surface area contributed by atoms with Crippen molar-refractivity contribution in [3.05, 3.63) is 101 Å². The Kier molecular flexibility index (Phi) is 8.12. The predicted octanol–water partition coefficient (Wildman–Crippen LogP) is 2.58. The number of aromatic nitrogens is 1. The van der Waals surface area contributed by atoms with Crippen LogP contribution in [0.1, 0.15) is 44.0 Å². The van der Waals surface area contributed by atoms with Gasteiger partial charge in [-0.3, -0.25) is 24.3 Å². The van der Waals surface area contributed by atoms with Crippen molar-refractivity contribution in [3.63, 3.8) is 0 Å². The Bertz CT molecular complexity index is 1420. The van der Waals surface area contributed by atoms with Crippen molar-refractivity contribution < 1.29 is 18.8 Å². The molecule has 3 heterocycles. The smallest absolute Gasteiger partial charge is 0.270 e. The molecule has 1 aromatic heterocycles. The van der Waals surface area contributed by atoms with Crippen LogP contribution in [0.2, 0.25) is 0 Å². The molecule has 10 heteroatoms. The predicted molar refractivity (Wildman–Crippen MR) is 144 cm³/mol. The monoisotopic (exact) mass is 540 g/mol. The third kappa shape index (κ3) is 6.50. The number of pyridine rings is 1. The number of rotatable bonds is 7. The van der Waals surface area contributed by atoms with Crippen molar-refractivity contribution in [1.29, 1.82) is 5.26 Å². The van der Waals surface area contributed by atoms with Crippen LogP contribution >= 0.6 is 0 Å². The number of nitriles is 1. The van der Waals surface area contributed by atoms with Gasteiger partial charge in [-0.25, -0.2) is 4.39 Å². The Morgan fingerprint density at radius 2 is 1.70 bits per heavy atom. The average molecular weight is 541 g/mol. The highest BCUT2D eigenvalue weighted by Gasteiger charge is 2.29. The quantitative estimate of drug-likeness (QED) is 0.494. The number of amides is 3. The maximum atomic E-state index is 13.1. The molecule has 0 aliphatic carbocycles. The molecule has 0 saturated carbocycles. The minimum Gasteiger partial charge on any atom is -0.347 e. The van der Waals surface area contributed by atoms with Crippen LogP contribution in [0.15, 0.2) is 66.9 Å². The highest BCUT2D eigenvalue weighted by molar-refractivity contribution is 5.98. The molecule has 2 aliphatic heterocycles. The number of carbonyl (C=O) groups excluding carboxylic acids is 3. The second kappa shape index (κ2) is 12.1. The van der Waals surface area contributed by atoms with E-state index in [9.17, 15) is 18.8 Å². The summed E-state index contributed by atoms with van der Waals surface area (Å²) in [7, 11) is 0. The number of nitrogens with zero attached hydrogens (tertiary/aromatic N) is 5. The Balaban J connectivity index is 1.10. The SMILES string of the molecule is N#Cc1ccc(CN2CC[C@H](NC(=O)c3ccc(C(=O)N4CCN(Cc5ccc(F)cc5)C(=O)C4)cn3)C2)cc1. The first kappa shape index (κ1) is 27.0. The third-order valence-corrected chi connectivity index (χ3v) is 7.23. The molecule has 3 aromatic rings. The standard InChI is InChI=1S/C30H29FN6O3/c31-25-8-5-23(6-9-25)18-36-13-14-37(20-28(36)38)30(40)24-7-10-27(33-16-24)29(39)34-26-11-12-35(19-26)17-22-3-1-21(15-32)2-4-22/h1-10,16,26H,11-14,17-20H2,(H,34,39)/t26-/m0/s1. The molecule has 0 bridgehead atoms. The largest absolute Gasteiger partial charge is 0.347 e. The Morgan fingerprint density at radius 3 is 2.38 bits per heavy atom. The number of nitrogens with one attached hydrogen (secondary N) is 1. The molecule has 2 saturated heterocycles. The summed E-state index contributed by atoms with van der Waals surface area (Å²) in [5, 5.41) is 12.0. The van der Waals surface area contributed by atoms with Crippen LogP contribution in [0, 0.1) is 17.1 Å². The lowest BCUT2D eigenvalue weighted by Crippen LogP contribution is -2.51. The van der Waals surface area contributed by atoms with Crippen molar-refractivity contribution in [2.75, 3.05) is 32.7 Å². The van der Waals surface area contributed by atoms with Gasteiger partial charge >= 0.3 is 0 Å². The van der Waals surface area contributed by atoms with Crippen LogP contribution in [0.5, 0.6) is 0 Å². The summed E-state index contributed by atoms with van der Waals surface area (Å²) < 4.78 is 13.1. The molecule has 0 radical (unpaired) electrons. The van der Waals surface area contributed by atoms with E-state index in [-0.39, 0.29) is 41.8 Å². The van der Waals surface area contributed by atoms with Crippen molar-refractivity contribution >= 4 is 17.7 Å². The van der Waals surface area contributed by atoms with Gasteiger partial charge < -0.3 is 15.1 Å². The molecule has 40 heavy (non-hydrogen) atoms. The number of likely N-dealkylation sites (tertiary alicyclic amines) is 1.